The van der Waals surface area contributed by atoms with Crippen LogP contribution in [0.4, 0.5) is 5.69 Å². The van der Waals surface area contributed by atoms with Gasteiger partial charge in [-0.15, -0.1) is 0 Å². The van der Waals surface area contributed by atoms with Gasteiger partial charge in [0.1, 0.15) is 11.5 Å². The molecule has 0 radical (unpaired) electrons. The lowest BCUT2D eigenvalue weighted by Crippen LogP contribution is -2.25. The zero-order valence-electron chi connectivity index (χ0n) is 14.5. The van der Waals surface area contributed by atoms with Gasteiger partial charge in [0.2, 0.25) is 0 Å². The van der Waals surface area contributed by atoms with Crippen molar-refractivity contribution in [3.63, 3.8) is 0 Å². The first kappa shape index (κ1) is 19.0. The van der Waals surface area contributed by atoms with E-state index in [0.29, 0.717) is 27.1 Å². The van der Waals surface area contributed by atoms with E-state index in [0.717, 1.165) is 11.3 Å². The van der Waals surface area contributed by atoms with E-state index in [9.17, 15) is 4.79 Å². The van der Waals surface area contributed by atoms with E-state index in [1.165, 1.54) is 6.21 Å². The maximum atomic E-state index is 11.9. The number of amides is 1. The smallest absolute Gasteiger partial charge is 0.259 e. The zero-order chi connectivity index (χ0) is 19.2. The van der Waals surface area contributed by atoms with Crippen LogP contribution >= 0.6 is 23.2 Å². The molecule has 0 saturated heterocycles. The van der Waals surface area contributed by atoms with Crippen molar-refractivity contribution in [3.8, 4) is 11.3 Å². The lowest BCUT2D eigenvalue weighted by molar-refractivity contribution is -0.119. The summed E-state index contributed by atoms with van der Waals surface area (Å²) in [5, 5.41) is 7.81. The van der Waals surface area contributed by atoms with E-state index < -0.39 is 0 Å². The number of carbonyl (C=O) groups is 1. The summed E-state index contributed by atoms with van der Waals surface area (Å²) in [7, 11) is 0. The average Bonchev–Trinajstić information content (AvgIpc) is 3.11. The number of aryl methyl sites for hydroxylation is 1. The van der Waals surface area contributed by atoms with E-state index >= 15 is 0 Å². The molecule has 138 valence electrons. The monoisotopic (exact) mass is 401 g/mol. The Hall–Kier alpha value is -2.76. The molecule has 1 amide bonds. The Bertz CT molecular complexity index is 983. The number of hydrazone groups is 1. The minimum Gasteiger partial charge on any atom is -0.455 e. The Morgan fingerprint density at radius 2 is 1.96 bits per heavy atom. The van der Waals surface area contributed by atoms with Gasteiger partial charge in [0.15, 0.2) is 0 Å². The second-order valence-electron chi connectivity index (χ2n) is 5.82. The van der Waals surface area contributed by atoms with Gasteiger partial charge in [-0.2, -0.15) is 5.10 Å². The second-order valence-corrected chi connectivity index (χ2v) is 6.60. The highest BCUT2D eigenvalue weighted by Gasteiger charge is 2.10. The van der Waals surface area contributed by atoms with Crippen LogP contribution in [0.25, 0.3) is 11.3 Å². The van der Waals surface area contributed by atoms with Crippen molar-refractivity contribution in [2.45, 2.75) is 6.92 Å². The first-order chi connectivity index (χ1) is 13.0. The number of nitrogens with zero attached hydrogens (tertiary/aromatic N) is 1. The Labute approximate surface area is 167 Å². The van der Waals surface area contributed by atoms with E-state index in [2.05, 4.69) is 15.8 Å². The maximum absolute atomic E-state index is 11.9. The van der Waals surface area contributed by atoms with Gasteiger partial charge >= 0.3 is 0 Å². The molecular weight excluding hydrogens is 385 g/mol. The maximum Gasteiger partial charge on any atom is 0.259 e. The summed E-state index contributed by atoms with van der Waals surface area (Å²) in [4.78, 5) is 11.9. The number of benzene rings is 2. The topological polar surface area (TPSA) is 66.6 Å². The van der Waals surface area contributed by atoms with Crippen molar-refractivity contribution < 1.29 is 9.21 Å². The van der Waals surface area contributed by atoms with Crippen molar-refractivity contribution in [2.75, 3.05) is 11.9 Å². The van der Waals surface area contributed by atoms with Crippen molar-refractivity contribution in [1.82, 2.24) is 5.43 Å². The molecule has 0 aliphatic rings. The van der Waals surface area contributed by atoms with Crippen molar-refractivity contribution in [3.05, 3.63) is 76.0 Å². The number of rotatable bonds is 6. The fourth-order valence-corrected chi connectivity index (χ4v) is 2.80. The summed E-state index contributed by atoms with van der Waals surface area (Å²) in [5.74, 6) is 0.779. The molecule has 2 aromatic carbocycles. The molecule has 2 N–H and O–H groups in total. The molecule has 3 aromatic rings. The SMILES string of the molecule is Cc1cccc(NCC(=O)NN=Cc2ccc(-c3cccc(Cl)c3Cl)o2)c1. The second kappa shape index (κ2) is 8.75. The van der Waals surface area contributed by atoms with Crippen LogP contribution in [0.3, 0.4) is 0 Å². The van der Waals surface area contributed by atoms with Crippen molar-refractivity contribution in [1.29, 1.82) is 0 Å². The lowest BCUT2D eigenvalue weighted by atomic mass is 10.2. The molecule has 0 aliphatic heterocycles. The largest absolute Gasteiger partial charge is 0.455 e. The molecule has 0 bridgehead atoms. The molecule has 0 unspecified atom stereocenters. The normalized spacial score (nSPS) is 10.9. The van der Waals surface area contributed by atoms with Crippen LogP contribution in [0.2, 0.25) is 10.0 Å². The predicted molar refractivity (Wildman–Crippen MR) is 110 cm³/mol. The number of furan rings is 1. The zero-order valence-corrected chi connectivity index (χ0v) is 16.0. The van der Waals surface area contributed by atoms with Crippen LogP contribution in [-0.4, -0.2) is 18.7 Å². The van der Waals surface area contributed by atoms with E-state index in [1.54, 1.807) is 24.3 Å². The predicted octanol–water partition coefficient (Wildman–Crippen LogP) is 5.12. The summed E-state index contributed by atoms with van der Waals surface area (Å²) >= 11 is 12.2. The summed E-state index contributed by atoms with van der Waals surface area (Å²) in [5.41, 5.74) is 5.13. The van der Waals surface area contributed by atoms with Crippen molar-refractivity contribution in [2.24, 2.45) is 5.10 Å². The Kier molecular flexibility index (Phi) is 6.16. The van der Waals surface area contributed by atoms with Gasteiger partial charge in [-0.3, -0.25) is 4.79 Å². The van der Waals surface area contributed by atoms with Gasteiger partial charge in [0.05, 0.1) is 22.8 Å². The van der Waals surface area contributed by atoms with Crippen molar-refractivity contribution >= 4 is 41.0 Å². The third-order valence-electron chi connectivity index (χ3n) is 3.70. The first-order valence-corrected chi connectivity index (χ1v) is 8.95. The molecule has 0 saturated carbocycles. The molecule has 1 heterocycles. The van der Waals surface area contributed by atoms with E-state index in [4.69, 9.17) is 27.6 Å². The van der Waals surface area contributed by atoms with Crippen LogP contribution in [0, 0.1) is 6.92 Å². The molecule has 5 nitrogen and oxygen atoms in total. The summed E-state index contributed by atoms with van der Waals surface area (Å²) in [6.45, 7) is 2.10. The Morgan fingerprint density at radius 1 is 1.15 bits per heavy atom. The first-order valence-electron chi connectivity index (χ1n) is 8.19. The van der Waals surface area contributed by atoms with Gasteiger partial charge in [-0.05, 0) is 48.9 Å². The molecule has 1 aromatic heterocycles. The third kappa shape index (κ3) is 5.12. The molecule has 27 heavy (non-hydrogen) atoms. The third-order valence-corrected chi connectivity index (χ3v) is 4.51. The lowest BCUT2D eigenvalue weighted by Gasteiger charge is -2.05. The molecule has 0 fully saturated rings. The number of hydrogen-bond donors (Lipinski definition) is 2. The minimum atomic E-state index is -0.266. The summed E-state index contributed by atoms with van der Waals surface area (Å²) < 4.78 is 5.67. The molecule has 0 atom stereocenters. The van der Waals surface area contributed by atoms with Crippen LogP contribution < -0.4 is 10.7 Å². The standard InChI is InChI=1S/C20H17Cl2N3O2/c1-13-4-2-5-14(10-13)23-12-19(26)25-24-11-15-8-9-18(27-15)16-6-3-7-17(21)20(16)22/h2-11,23H,12H2,1H3,(H,25,26). The molecule has 0 spiro atoms. The minimum absolute atomic E-state index is 0.113. The fraction of sp³-hybridized carbons (Fsp3) is 0.100. The van der Waals surface area contributed by atoms with Crippen LogP contribution in [0.1, 0.15) is 11.3 Å². The number of hydrogen-bond acceptors (Lipinski definition) is 4. The van der Waals surface area contributed by atoms with Gasteiger partial charge in [-0.25, -0.2) is 5.43 Å². The molecular formula is C20H17Cl2N3O2. The Morgan fingerprint density at radius 3 is 2.78 bits per heavy atom. The molecule has 0 aliphatic carbocycles. The summed E-state index contributed by atoms with van der Waals surface area (Å²) in [6.07, 6.45) is 1.42. The highest BCUT2D eigenvalue weighted by Crippen LogP contribution is 2.34. The van der Waals surface area contributed by atoms with E-state index in [-0.39, 0.29) is 12.5 Å². The highest BCUT2D eigenvalue weighted by atomic mass is 35.5. The van der Waals surface area contributed by atoms with Gasteiger partial charge < -0.3 is 9.73 Å². The van der Waals surface area contributed by atoms with Gasteiger partial charge in [0, 0.05) is 11.3 Å². The fourth-order valence-electron chi connectivity index (χ4n) is 2.41. The number of anilines is 1. The van der Waals surface area contributed by atoms with Crippen LogP contribution in [0.15, 0.2) is 64.1 Å². The number of nitrogens with one attached hydrogen (secondary N) is 2. The quantitative estimate of drug-likeness (QED) is 0.444. The van der Waals surface area contributed by atoms with E-state index in [1.807, 2.05) is 37.3 Å². The average molecular weight is 402 g/mol. The van der Waals surface area contributed by atoms with Crippen LogP contribution in [-0.2, 0) is 4.79 Å². The Balaban J connectivity index is 1.55. The number of carbonyl (C=O) groups excluding carboxylic acids is 1. The van der Waals surface area contributed by atoms with Gasteiger partial charge in [0.25, 0.3) is 5.91 Å². The molecule has 3 rings (SSSR count). The number of halogens is 2. The van der Waals surface area contributed by atoms with Gasteiger partial charge in [-0.1, -0.05) is 41.4 Å². The highest BCUT2D eigenvalue weighted by molar-refractivity contribution is 6.43. The summed E-state index contributed by atoms with van der Waals surface area (Å²) in [6, 6.07) is 16.6. The molecule has 7 heteroatoms. The van der Waals surface area contributed by atoms with Crippen LogP contribution in [0.5, 0.6) is 0 Å².